The van der Waals surface area contributed by atoms with Gasteiger partial charge >= 0.3 is 6.03 Å². The van der Waals surface area contributed by atoms with Crippen LogP contribution in [0.3, 0.4) is 0 Å². The number of benzene rings is 2. The van der Waals surface area contributed by atoms with E-state index in [1.54, 1.807) is 24.3 Å². The second-order valence-electron chi connectivity index (χ2n) is 5.56. The van der Waals surface area contributed by atoms with E-state index in [0.29, 0.717) is 16.4 Å². The van der Waals surface area contributed by atoms with Gasteiger partial charge in [-0.2, -0.15) is 0 Å². The molecule has 0 unspecified atom stereocenters. The lowest BCUT2D eigenvalue weighted by atomic mass is 10.1. The van der Waals surface area contributed by atoms with Crippen LogP contribution in [0, 0.1) is 5.92 Å². The predicted molar refractivity (Wildman–Crippen MR) is 90.6 cm³/mol. The lowest BCUT2D eigenvalue weighted by Gasteiger charge is -2.07. The van der Waals surface area contributed by atoms with Crippen LogP contribution in [0.25, 0.3) is 0 Å². The van der Waals surface area contributed by atoms with Crippen molar-refractivity contribution in [3.8, 4) is 0 Å². The molecule has 1 aliphatic rings. The molecule has 6 heteroatoms. The molecular formula is C17H16ClN3O2. The number of rotatable bonds is 4. The number of primary amides is 1. The van der Waals surface area contributed by atoms with Crippen LogP contribution in [0.1, 0.15) is 17.9 Å². The number of hydrogen-bond acceptors (Lipinski definition) is 2. The first kappa shape index (κ1) is 15.4. The summed E-state index contributed by atoms with van der Waals surface area (Å²) < 4.78 is 0. The normalized spacial score (nSPS) is 19.0. The number of urea groups is 1. The molecule has 2 aromatic carbocycles. The van der Waals surface area contributed by atoms with Gasteiger partial charge in [0.15, 0.2) is 0 Å². The van der Waals surface area contributed by atoms with Gasteiger partial charge in [0.25, 0.3) is 0 Å². The number of nitrogens with one attached hydrogen (secondary N) is 2. The van der Waals surface area contributed by atoms with Crippen LogP contribution < -0.4 is 16.4 Å². The van der Waals surface area contributed by atoms with E-state index in [4.69, 9.17) is 17.3 Å². The van der Waals surface area contributed by atoms with Crippen LogP contribution in [0.2, 0.25) is 5.02 Å². The average Bonchev–Trinajstić information content (AvgIpc) is 3.28. The minimum atomic E-state index is -0.640. The molecule has 0 heterocycles. The summed E-state index contributed by atoms with van der Waals surface area (Å²) in [5.41, 5.74) is 7.37. The van der Waals surface area contributed by atoms with Crippen molar-refractivity contribution < 1.29 is 9.59 Å². The van der Waals surface area contributed by atoms with Crippen LogP contribution in [0.4, 0.5) is 16.2 Å². The van der Waals surface area contributed by atoms with E-state index in [1.807, 2.05) is 24.3 Å². The Morgan fingerprint density at radius 2 is 1.70 bits per heavy atom. The molecule has 3 amide bonds. The molecule has 0 aromatic heterocycles. The molecular weight excluding hydrogens is 314 g/mol. The summed E-state index contributed by atoms with van der Waals surface area (Å²) >= 11 is 5.88. The fraction of sp³-hybridized carbons (Fsp3) is 0.176. The Balaban J connectivity index is 1.62. The maximum absolute atomic E-state index is 12.3. The van der Waals surface area contributed by atoms with Crippen LogP contribution in [0.5, 0.6) is 0 Å². The fourth-order valence-electron chi connectivity index (χ4n) is 2.62. The van der Waals surface area contributed by atoms with Crippen molar-refractivity contribution >= 4 is 34.9 Å². The standard InChI is InChI=1S/C17H16ClN3O2/c18-11-6-4-10(5-7-11)14-9-15(14)16(22)20-12-2-1-3-13(8-12)21-17(19)23/h1-8,14-15H,9H2,(H,20,22)(H3,19,21,23)/t14-,15+/m1/s1. The fourth-order valence-corrected chi connectivity index (χ4v) is 2.74. The number of hydrogen-bond donors (Lipinski definition) is 3. The highest BCUT2D eigenvalue weighted by atomic mass is 35.5. The van der Waals surface area contributed by atoms with Crippen LogP contribution in [0.15, 0.2) is 48.5 Å². The summed E-state index contributed by atoms with van der Waals surface area (Å²) in [4.78, 5) is 23.2. The molecule has 0 spiro atoms. The molecule has 1 aliphatic carbocycles. The zero-order chi connectivity index (χ0) is 16.4. The van der Waals surface area contributed by atoms with Gasteiger partial charge < -0.3 is 16.4 Å². The Kier molecular flexibility index (Phi) is 4.21. The number of anilines is 2. The van der Waals surface area contributed by atoms with E-state index in [9.17, 15) is 9.59 Å². The maximum atomic E-state index is 12.3. The topological polar surface area (TPSA) is 84.2 Å². The minimum Gasteiger partial charge on any atom is -0.351 e. The molecule has 0 radical (unpaired) electrons. The van der Waals surface area contributed by atoms with Gasteiger partial charge in [-0.3, -0.25) is 4.79 Å². The predicted octanol–water partition coefficient (Wildman–Crippen LogP) is 3.57. The SMILES string of the molecule is NC(=O)Nc1cccc(NC(=O)[C@H]2C[C@@H]2c2ccc(Cl)cc2)c1. The number of nitrogens with two attached hydrogens (primary N) is 1. The van der Waals surface area contributed by atoms with E-state index in [2.05, 4.69) is 10.6 Å². The highest BCUT2D eigenvalue weighted by Gasteiger charge is 2.43. The summed E-state index contributed by atoms with van der Waals surface area (Å²) in [7, 11) is 0. The van der Waals surface area contributed by atoms with Crippen molar-refractivity contribution in [2.45, 2.75) is 12.3 Å². The van der Waals surface area contributed by atoms with E-state index in [-0.39, 0.29) is 17.7 Å². The van der Waals surface area contributed by atoms with Gasteiger partial charge in [-0.15, -0.1) is 0 Å². The van der Waals surface area contributed by atoms with Crippen molar-refractivity contribution in [1.82, 2.24) is 0 Å². The van der Waals surface area contributed by atoms with Crippen molar-refractivity contribution in [2.24, 2.45) is 11.7 Å². The summed E-state index contributed by atoms with van der Waals surface area (Å²) in [5, 5.41) is 6.04. The molecule has 2 aromatic rings. The first-order valence-electron chi connectivity index (χ1n) is 7.26. The Morgan fingerprint density at radius 3 is 2.35 bits per heavy atom. The van der Waals surface area contributed by atoms with E-state index in [0.717, 1.165) is 12.0 Å². The highest BCUT2D eigenvalue weighted by molar-refractivity contribution is 6.30. The van der Waals surface area contributed by atoms with Crippen LogP contribution >= 0.6 is 11.6 Å². The molecule has 0 aliphatic heterocycles. The van der Waals surface area contributed by atoms with E-state index >= 15 is 0 Å². The van der Waals surface area contributed by atoms with Crippen LogP contribution in [-0.4, -0.2) is 11.9 Å². The smallest absolute Gasteiger partial charge is 0.316 e. The number of carbonyl (C=O) groups is 2. The van der Waals surface area contributed by atoms with Gasteiger partial charge in [0.05, 0.1) is 0 Å². The Labute approximate surface area is 138 Å². The van der Waals surface area contributed by atoms with Gasteiger partial charge in [-0.1, -0.05) is 29.8 Å². The zero-order valence-corrected chi connectivity index (χ0v) is 13.0. The Hall–Kier alpha value is -2.53. The van der Waals surface area contributed by atoms with Crippen LogP contribution in [-0.2, 0) is 4.79 Å². The summed E-state index contributed by atoms with van der Waals surface area (Å²) in [5.74, 6) is 0.171. The molecule has 0 bridgehead atoms. The minimum absolute atomic E-state index is 0.0267. The summed E-state index contributed by atoms with van der Waals surface area (Å²) in [6.07, 6.45) is 0.826. The van der Waals surface area contributed by atoms with Crippen molar-refractivity contribution in [3.05, 3.63) is 59.1 Å². The van der Waals surface area contributed by atoms with E-state index < -0.39 is 6.03 Å². The average molecular weight is 330 g/mol. The van der Waals surface area contributed by atoms with Crippen molar-refractivity contribution in [2.75, 3.05) is 10.6 Å². The van der Waals surface area contributed by atoms with Gasteiger partial charge in [0, 0.05) is 22.3 Å². The Morgan fingerprint density at radius 1 is 1.04 bits per heavy atom. The third-order valence-corrected chi connectivity index (χ3v) is 4.07. The number of carbonyl (C=O) groups excluding carboxylic acids is 2. The third-order valence-electron chi connectivity index (χ3n) is 3.82. The molecule has 1 saturated carbocycles. The van der Waals surface area contributed by atoms with Gasteiger partial charge in [0.2, 0.25) is 5.91 Å². The molecule has 4 N–H and O–H groups in total. The molecule has 1 fully saturated rings. The van der Waals surface area contributed by atoms with Gasteiger partial charge in [-0.25, -0.2) is 4.79 Å². The van der Waals surface area contributed by atoms with Crippen molar-refractivity contribution in [3.63, 3.8) is 0 Å². The largest absolute Gasteiger partial charge is 0.351 e. The third kappa shape index (κ3) is 3.81. The molecule has 0 saturated heterocycles. The first-order chi connectivity index (χ1) is 11.0. The summed E-state index contributed by atoms with van der Waals surface area (Å²) in [6.45, 7) is 0. The van der Waals surface area contributed by atoms with Crippen molar-refractivity contribution in [1.29, 1.82) is 0 Å². The highest BCUT2D eigenvalue weighted by Crippen LogP contribution is 2.48. The lowest BCUT2D eigenvalue weighted by molar-refractivity contribution is -0.117. The maximum Gasteiger partial charge on any atom is 0.316 e. The molecule has 23 heavy (non-hydrogen) atoms. The quantitative estimate of drug-likeness (QED) is 0.801. The second kappa shape index (κ2) is 6.30. The van der Waals surface area contributed by atoms with Gasteiger partial charge in [0.1, 0.15) is 0 Å². The molecule has 5 nitrogen and oxygen atoms in total. The summed E-state index contributed by atoms with van der Waals surface area (Å²) in [6, 6.07) is 13.8. The van der Waals surface area contributed by atoms with E-state index in [1.165, 1.54) is 0 Å². The molecule has 3 rings (SSSR count). The molecule has 2 atom stereocenters. The monoisotopic (exact) mass is 329 g/mol. The number of amides is 3. The number of halogens is 1. The first-order valence-corrected chi connectivity index (χ1v) is 7.63. The molecule has 118 valence electrons. The zero-order valence-electron chi connectivity index (χ0n) is 12.3. The Bertz CT molecular complexity index is 746. The second-order valence-corrected chi connectivity index (χ2v) is 6.00. The van der Waals surface area contributed by atoms with Gasteiger partial charge in [-0.05, 0) is 48.2 Å². The lowest BCUT2D eigenvalue weighted by Crippen LogP contribution is -2.19.